The predicted octanol–water partition coefficient (Wildman–Crippen LogP) is 4.15. The van der Waals surface area contributed by atoms with Gasteiger partial charge < -0.3 is 53.2 Å². The van der Waals surface area contributed by atoms with Crippen molar-refractivity contribution >= 4 is 29.1 Å². The lowest BCUT2D eigenvalue weighted by Gasteiger charge is -2.49. The Kier molecular flexibility index (Phi) is 11.1. The van der Waals surface area contributed by atoms with Crippen LogP contribution in [-0.4, -0.2) is 118 Å². The highest BCUT2D eigenvalue weighted by atomic mass is 16.7. The fourth-order valence-electron chi connectivity index (χ4n) is 9.01. The van der Waals surface area contributed by atoms with Gasteiger partial charge >= 0.3 is 5.97 Å². The topological polar surface area (TPSA) is 220 Å². The van der Waals surface area contributed by atoms with Crippen molar-refractivity contribution in [3.8, 4) is 11.5 Å². The van der Waals surface area contributed by atoms with Gasteiger partial charge in [-0.15, -0.1) is 0 Å². The Balaban J connectivity index is 0.978. The molecular formula is C43H48O16. The first-order valence-corrected chi connectivity index (χ1v) is 20.0. The molecule has 5 heterocycles. The van der Waals surface area contributed by atoms with Gasteiger partial charge in [-0.05, 0) is 70.9 Å². The van der Waals surface area contributed by atoms with Gasteiger partial charge in [0.2, 0.25) is 0 Å². The normalized spacial score (nSPS) is 35.3. The lowest BCUT2D eigenvalue weighted by molar-refractivity contribution is -0.346. The summed E-state index contributed by atoms with van der Waals surface area (Å²) in [4.78, 5) is 64.3. The van der Waals surface area contributed by atoms with E-state index in [1.54, 1.807) is 40.7 Å². The molecule has 16 nitrogen and oxygen atoms in total. The van der Waals surface area contributed by atoms with Gasteiger partial charge in [0.1, 0.15) is 35.9 Å². The molecule has 0 aromatic heterocycles. The van der Waals surface area contributed by atoms with Crippen molar-refractivity contribution in [1.29, 1.82) is 0 Å². The summed E-state index contributed by atoms with van der Waals surface area (Å²) in [6, 6.07) is 5.74. The van der Waals surface area contributed by atoms with Crippen LogP contribution in [0.1, 0.15) is 116 Å². The van der Waals surface area contributed by atoms with Crippen molar-refractivity contribution in [2.24, 2.45) is 0 Å². The van der Waals surface area contributed by atoms with Gasteiger partial charge in [-0.3, -0.25) is 24.0 Å². The number of aromatic hydroxyl groups is 2. The maximum Gasteiger partial charge on any atom is 0.306 e. The summed E-state index contributed by atoms with van der Waals surface area (Å²) >= 11 is 0. The Bertz CT molecular complexity index is 2090. The minimum Gasteiger partial charge on any atom is -0.507 e. The van der Waals surface area contributed by atoms with Gasteiger partial charge in [0.25, 0.3) is 0 Å². The Hall–Kier alpha value is -4.39. The van der Waals surface area contributed by atoms with Gasteiger partial charge in [0.15, 0.2) is 42.0 Å². The molecule has 2 aromatic carbocycles. The first-order chi connectivity index (χ1) is 28.0. The van der Waals surface area contributed by atoms with Crippen molar-refractivity contribution in [3.63, 3.8) is 0 Å². The van der Waals surface area contributed by atoms with Crippen molar-refractivity contribution in [2.45, 2.75) is 153 Å². The monoisotopic (exact) mass is 820 g/mol. The maximum absolute atomic E-state index is 14.1. The first kappa shape index (κ1) is 41.3. The van der Waals surface area contributed by atoms with E-state index in [-0.39, 0.29) is 64.2 Å². The number of carboxylic acids is 1. The minimum absolute atomic E-state index is 0.0771. The largest absolute Gasteiger partial charge is 0.507 e. The number of hydrogen-bond acceptors (Lipinski definition) is 15. The molecule has 0 spiro atoms. The van der Waals surface area contributed by atoms with Crippen LogP contribution >= 0.6 is 0 Å². The van der Waals surface area contributed by atoms with Crippen LogP contribution in [-0.2, 0) is 58.7 Å². The first-order valence-electron chi connectivity index (χ1n) is 20.0. The standard InChI is InChI=1S/C43H48O16/c1-18-26(44)10-12-33(53-18)56-28-11-13-34(54-20(28)3)59-43(5,17-32(46)47)16-22-6-7-24-35(37(22)48)39(50)25-9-8-23(38(49)36(25)40(24)51)29-15-30-41(21(4)52-29)57-31-14-27(45)19(2)55-42(31)58-30/h6-10,12,18-21,28-31,33-34,41-42,48-49H,11,13-17H2,1-5H3,(H,46,47)/t18-,19+,20-,21+,28-,29-,30+,31?,33-,34-,41+,42?,43+/m0/s1. The number of carbonyl (C=O) groups excluding carboxylic acids is 4. The maximum atomic E-state index is 14.1. The molecule has 5 aliphatic heterocycles. The summed E-state index contributed by atoms with van der Waals surface area (Å²) < 4.78 is 48.6. The van der Waals surface area contributed by atoms with Crippen LogP contribution in [0.15, 0.2) is 36.4 Å². The molecule has 0 radical (unpaired) electrons. The molecule has 4 fully saturated rings. The second-order valence-electron chi connectivity index (χ2n) is 16.5. The van der Waals surface area contributed by atoms with Crippen LogP contribution in [0.5, 0.6) is 11.5 Å². The second kappa shape index (κ2) is 15.9. The number of ether oxygens (including phenoxy) is 8. The van der Waals surface area contributed by atoms with Crippen molar-refractivity contribution in [2.75, 3.05) is 0 Å². The zero-order valence-corrected chi connectivity index (χ0v) is 33.3. The van der Waals surface area contributed by atoms with Gasteiger partial charge in [-0.25, -0.2) is 0 Å². The van der Waals surface area contributed by atoms with E-state index in [0.29, 0.717) is 12.8 Å². The Labute approximate surface area is 339 Å². The van der Waals surface area contributed by atoms with E-state index >= 15 is 0 Å². The van der Waals surface area contributed by atoms with Crippen LogP contribution in [0.3, 0.4) is 0 Å². The summed E-state index contributed by atoms with van der Waals surface area (Å²) in [6.07, 6.45) is -3.78. The fourth-order valence-corrected chi connectivity index (χ4v) is 9.01. The quantitative estimate of drug-likeness (QED) is 0.276. The number of rotatable bonds is 9. The van der Waals surface area contributed by atoms with Crippen molar-refractivity contribution in [1.82, 2.24) is 0 Å². The highest BCUT2D eigenvalue weighted by Gasteiger charge is 2.51. The number of fused-ring (bicyclic) bond motifs is 4. The number of phenols is 2. The Morgan fingerprint density at radius 1 is 0.814 bits per heavy atom. The van der Waals surface area contributed by atoms with E-state index in [1.165, 1.54) is 30.3 Å². The molecule has 13 atom stereocenters. The molecule has 59 heavy (non-hydrogen) atoms. The lowest BCUT2D eigenvalue weighted by Crippen LogP contribution is -2.60. The summed E-state index contributed by atoms with van der Waals surface area (Å²) in [6.45, 7) is 8.45. The highest BCUT2D eigenvalue weighted by Crippen LogP contribution is 2.46. The Morgan fingerprint density at radius 2 is 1.53 bits per heavy atom. The molecule has 4 saturated heterocycles. The van der Waals surface area contributed by atoms with E-state index in [1.807, 2.05) is 0 Å². The molecule has 6 aliphatic rings. The fraction of sp³-hybridized carbons (Fsp3) is 0.558. The zero-order valence-electron chi connectivity index (χ0n) is 33.3. The molecular weight excluding hydrogens is 772 g/mol. The molecule has 1 aliphatic carbocycles. The molecule has 316 valence electrons. The number of hydrogen-bond donors (Lipinski definition) is 3. The number of benzene rings is 2. The average Bonchev–Trinajstić information content (AvgIpc) is 3.16. The summed E-state index contributed by atoms with van der Waals surface area (Å²) in [7, 11) is 0. The van der Waals surface area contributed by atoms with Gasteiger partial charge in [-0.2, -0.15) is 0 Å². The van der Waals surface area contributed by atoms with Crippen LogP contribution in [0.25, 0.3) is 0 Å². The molecule has 2 unspecified atom stereocenters. The Morgan fingerprint density at radius 3 is 2.22 bits per heavy atom. The van der Waals surface area contributed by atoms with Gasteiger partial charge in [0, 0.05) is 42.4 Å². The van der Waals surface area contributed by atoms with Crippen molar-refractivity contribution < 1.29 is 77.2 Å². The third kappa shape index (κ3) is 7.88. The van der Waals surface area contributed by atoms with E-state index in [2.05, 4.69) is 0 Å². The van der Waals surface area contributed by atoms with Crippen LogP contribution in [0.2, 0.25) is 0 Å². The third-order valence-corrected chi connectivity index (χ3v) is 12.1. The number of carboxylic acid groups (broad SMARTS) is 1. The molecule has 0 saturated carbocycles. The molecule has 3 N–H and O–H groups in total. The van der Waals surface area contributed by atoms with Crippen molar-refractivity contribution in [3.05, 3.63) is 69.8 Å². The van der Waals surface area contributed by atoms with Gasteiger partial charge in [-0.1, -0.05) is 12.1 Å². The van der Waals surface area contributed by atoms with E-state index in [9.17, 15) is 39.3 Å². The third-order valence-electron chi connectivity index (χ3n) is 12.1. The molecule has 8 rings (SSSR count). The smallest absolute Gasteiger partial charge is 0.306 e. The van der Waals surface area contributed by atoms with Crippen LogP contribution in [0, 0.1) is 0 Å². The van der Waals surface area contributed by atoms with E-state index in [0.717, 1.165) is 0 Å². The number of carbonyl (C=O) groups is 5. The number of ketones is 4. The zero-order chi connectivity index (χ0) is 42.1. The highest BCUT2D eigenvalue weighted by molar-refractivity contribution is 6.30. The summed E-state index contributed by atoms with van der Waals surface area (Å²) in [5.74, 6) is -3.72. The SMILES string of the molecule is C[C@@H]1O[C@@H](O[C@H]2CC[C@H](O[C@@](C)(CC(=O)O)Cc3ccc4c(c3O)C(=O)c3ccc([C@@H]5C[C@H]6OC7O[C@H](C)C(=O)CC7O[C@@H]6[C@@H](C)O5)c(O)c3C4=O)O[C@H]2C)C=CC1=O. The number of aliphatic carboxylic acids is 1. The van der Waals surface area contributed by atoms with E-state index < -0.39 is 115 Å². The summed E-state index contributed by atoms with van der Waals surface area (Å²) in [5.41, 5.74) is -1.74. The number of phenolic OH excluding ortho intramolecular Hbond substituents is 2. The lowest BCUT2D eigenvalue weighted by atomic mass is 9.79. The number of Topliss-reactive ketones (excluding diaryl/α,β-unsaturated/α-hetero) is 1. The predicted molar refractivity (Wildman–Crippen MR) is 201 cm³/mol. The average molecular weight is 821 g/mol. The summed E-state index contributed by atoms with van der Waals surface area (Å²) in [5, 5.41) is 33.1. The molecule has 2 aromatic rings. The second-order valence-corrected chi connectivity index (χ2v) is 16.5. The molecule has 16 heteroatoms. The molecule has 0 amide bonds. The van der Waals surface area contributed by atoms with Crippen LogP contribution in [0.4, 0.5) is 0 Å². The molecule has 0 bridgehead atoms. The van der Waals surface area contributed by atoms with E-state index in [4.69, 9.17) is 37.9 Å². The van der Waals surface area contributed by atoms with Gasteiger partial charge in [0.05, 0.1) is 53.7 Å². The minimum atomic E-state index is -1.43. The van der Waals surface area contributed by atoms with Crippen LogP contribution < -0.4 is 0 Å².